The van der Waals surface area contributed by atoms with E-state index in [1.807, 2.05) is 0 Å². The van der Waals surface area contributed by atoms with Crippen LogP contribution < -0.4 is 0 Å². The van der Waals surface area contributed by atoms with Crippen molar-refractivity contribution in [2.45, 2.75) is 0 Å². The van der Waals surface area contributed by atoms with Crippen LogP contribution in [0.25, 0.3) is 235 Å². The van der Waals surface area contributed by atoms with Crippen molar-refractivity contribution in [3.05, 3.63) is 358 Å². The van der Waals surface area contributed by atoms with E-state index in [9.17, 15) is 0 Å². The molecule has 0 radical (unpaired) electrons. The number of fused-ring (bicyclic) bond motifs is 21. The Labute approximate surface area is 601 Å². The van der Waals surface area contributed by atoms with Gasteiger partial charge in [0.2, 0.25) is 0 Å². The Morgan fingerprint density at radius 1 is 0.124 bits per heavy atom. The minimum absolute atomic E-state index is 1.24. The van der Waals surface area contributed by atoms with Crippen LogP contribution in [0.1, 0.15) is 0 Å². The molecule has 0 saturated carbocycles. The number of hydrogen-bond acceptors (Lipinski definition) is 0. The summed E-state index contributed by atoms with van der Waals surface area (Å²) in [6, 6.07) is 131. The maximum atomic E-state index is 2.50. The smallest absolute Gasteiger partial charge is 0.0626 e. The molecule has 0 unspecified atom stereocenters. The first kappa shape index (κ1) is 56.8. The molecular weight excluding hydrogens is 1270 g/mol. The number of rotatable bonds is 5. The Balaban J connectivity index is 0.0000000941. The van der Waals surface area contributed by atoms with Crippen molar-refractivity contribution in [3.8, 4) is 55.6 Å². The van der Waals surface area contributed by atoms with Crippen molar-refractivity contribution in [1.82, 2.24) is 13.2 Å². The first-order valence-corrected chi connectivity index (χ1v) is 36.6. The summed E-state index contributed by atoms with van der Waals surface area (Å²) in [7, 11) is 0. The summed E-state index contributed by atoms with van der Waals surface area (Å²) in [5, 5.41) is 32.4. The number of hydrogen-bond donors (Lipinski definition) is 0. The van der Waals surface area contributed by atoms with Crippen LogP contribution in [-0.4, -0.2) is 13.2 Å². The molecule has 3 nitrogen and oxygen atoms in total. The summed E-state index contributed by atoms with van der Waals surface area (Å²) < 4.78 is 7.48. The molecule has 26 rings (SSSR count). The zero-order valence-corrected chi connectivity index (χ0v) is 56.9. The molecule has 105 heavy (non-hydrogen) atoms. The SMILES string of the molecule is c1ccc(-c2ccc(-c3ccc4c5c3c3ccccc3c3ccc6c7ccccc7n4c6c35)cc2)cc1.c1ccc(-c2ccc3c4c2c2ccccc2c2ccc5c6ccccc6n3c5c24)cc1.c1ccc(-c2cccc(-c3ccc4c5c3c3ccccc3c3ccc6c7ccccc7n4c6c35)c2)cc1. The standard InChI is InChI=1S/2C36H21N.C30H17N/c1-2-9-22(10-3-1)23-11-8-12-24(21-23)25-19-20-32-35-33(25)28-15-5-4-13-26(28)29-17-18-30-27-14-6-7-16-31(27)37(32)36(30)34(29)35;1-2-8-22(9-3-1)23-14-16-24(17-15-23)25-20-21-32-35-33(25)28-12-5-4-10-26(28)29-18-19-30-27-11-6-7-13-31(27)37(32)36(30)34(29)35;1-2-8-18(9-3-1)19-16-17-26-29-27(19)22-12-5-4-10-20(22)23-14-15-24-21-11-6-7-13-25(21)31(26)30(24)28(23)29/h2*1-21H;1-17H. The van der Waals surface area contributed by atoms with Crippen LogP contribution in [0.2, 0.25) is 0 Å². The highest BCUT2D eigenvalue weighted by atomic mass is 14.9. The molecule has 0 aliphatic heterocycles. The fraction of sp³-hybridized carbons (Fsp3) is 0. The van der Waals surface area contributed by atoms with Gasteiger partial charge in [0.15, 0.2) is 0 Å². The monoisotopic (exact) mass is 1330 g/mol. The molecule has 0 bridgehead atoms. The molecule has 3 heteroatoms. The van der Waals surface area contributed by atoms with Gasteiger partial charge in [-0.1, -0.05) is 315 Å². The van der Waals surface area contributed by atoms with Gasteiger partial charge in [0.05, 0.1) is 49.7 Å². The van der Waals surface area contributed by atoms with E-state index in [1.54, 1.807) is 0 Å². The molecule has 0 fully saturated rings. The van der Waals surface area contributed by atoms with Gasteiger partial charge in [0, 0.05) is 80.8 Å². The van der Waals surface area contributed by atoms with Crippen molar-refractivity contribution in [1.29, 1.82) is 0 Å². The van der Waals surface area contributed by atoms with Crippen LogP contribution >= 0.6 is 0 Å². The number of aromatic nitrogens is 3. The third kappa shape index (κ3) is 7.67. The van der Waals surface area contributed by atoms with E-state index < -0.39 is 0 Å². The van der Waals surface area contributed by atoms with Crippen molar-refractivity contribution >= 4 is 179 Å². The van der Waals surface area contributed by atoms with Gasteiger partial charge in [-0.3, -0.25) is 0 Å². The molecule has 20 aromatic carbocycles. The number of nitrogens with zero attached hydrogens (tertiary/aromatic N) is 3. The van der Waals surface area contributed by atoms with Crippen molar-refractivity contribution in [3.63, 3.8) is 0 Å². The molecule has 0 aliphatic rings. The zero-order chi connectivity index (χ0) is 68.3. The van der Waals surface area contributed by atoms with Crippen LogP contribution in [-0.2, 0) is 0 Å². The highest BCUT2D eigenvalue weighted by Gasteiger charge is 2.29. The molecule has 6 heterocycles. The van der Waals surface area contributed by atoms with Crippen molar-refractivity contribution < 1.29 is 0 Å². The predicted octanol–water partition coefficient (Wildman–Crippen LogP) is 28.1. The highest BCUT2D eigenvalue weighted by Crippen LogP contribution is 2.54. The molecular formula is C102H59N3. The minimum atomic E-state index is 1.24. The third-order valence-electron chi connectivity index (χ3n) is 23.7. The maximum absolute atomic E-state index is 2.50. The molecule has 0 spiro atoms. The lowest BCUT2D eigenvalue weighted by Crippen LogP contribution is -1.88. The van der Waals surface area contributed by atoms with E-state index in [2.05, 4.69) is 371 Å². The van der Waals surface area contributed by atoms with E-state index in [0.717, 1.165) is 0 Å². The Kier molecular flexibility index (Phi) is 11.6. The molecule has 0 saturated heterocycles. The van der Waals surface area contributed by atoms with E-state index in [0.29, 0.717) is 0 Å². The fourth-order valence-electron chi connectivity index (χ4n) is 19.4. The van der Waals surface area contributed by atoms with Gasteiger partial charge in [-0.05, 0) is 147 Å². The summed E-state index contributed by atoms with van der Waals surface area (Å²) in [4.78, 5) is 0. The van der Waals surface area contributed by atoms with Crippen molar-refractivity contribution in [2.75, 3.05) is 0 Å². The van der Waals surface area contributed by atoms with Gasteiger partial charge in [-0.2, -0.15) is 0 Å². The predicted molar refractivity (Wildman–Crippen MR) is 449 cm³/mol. The first-order chi connectivity index (χ1) is 52.2. The second-order valence-corrected chi connectivity index (χ2v) is 28.8. The lowest BCUT2D eigenvalue weighted by molar-refractivity contribution is 1.37. The van der Waals surface area contributed by atoms with Gasteiger partial charge in [-0.25, -0.2) is 0 Å². The van der Waals surface area contributed by atoms with Crippen LogP contribution in [0.3, 0.4) is 0 Å². The van der Waals surface area contributed by atoms with Crippen LogP contribution in [0.15, 0.2) is 358 Å². The van der Waals surface area contributed by atoms with Gasteiger partial charge >= 0.3 is 0 Å². The molecule has 0 N–H and O–H groups in total. The molecule has 0 amide bonds. The first-order valence-electron chi connectivity index (χ1n) is 36.6. The number of para-hydroxylation sites is 3. The highest BCUT2D eigenvalue weighted by molar-refractivity contribution is 6.44. The Hall–Kier alpha value is -13.9. The summed E-state index contributed by atoms with van der Waals surface area (Å²) in [6.07, 6.45) is 0. The summed E-state index contributed by atoms with van der Waals surface area (Å²) in [6.45, 7) is 0. The second-order valence-electron chi connectivity index (χ2n) is 28.8. The topological polar surface area (TPSA) is 13.2 Å². The van der Waals surface area contributed by atoms with E-state index in [-0.39, 0.29) is 0 Å². The molecule has 482 valence electrons. The van der Waals surface area contributed by atoms with Crippen LogP contribution in [0, 0.1) is 0 Å². The lowest BCUT2D eigenvalue weighted by Gasteiger charge is -2.14. The summed E-state index contributed by atoms with van der Waals surface area (Å²) in [5.41, 5.74) is 24.5. The van der Waals surface area contributed by atoms with Crippen LogP contribution in [0.4, 0.5) is 0 Å². The quantitative estimate of drug-likeness (QED) is 0.152. The average molecular weight is 1330 g/mol. The van der Waals surface area contributed by atoms with Gasteiger partial charge in [0.1, 0.15) is 0 Å². The van der Waals surface area contributed by atoms with Gasteiger partial charge in [-0.15, -0.1) is 0 Å². The van der Waals surface area contributed by atoms with E-state index in [1.165, 1.54) is 235 Å². The number of benzene rings is 20. The summed E-state index contributed by atoms with van der Waals surface area (Å²) in [5.74, 6) is 0. The Bertz CT molecular complexity index is 7980. The fourth-order valence-corrected chi connectivity index (χ4v) is 19.4. The largest absolute Gasteiger partial charge is 0.308 e. The normalized spacial score (nSPS) is 12.4. The van der Waals surface area contributed by atoms with Gasteiger partial charge in [0.25, 0.3) is 0 Å². The van der Waals surface area contributed by atoms with E-state index >= 15 is 0 Å². The third-order valence-corrected chi connectivity index (χ3v) is 23.7. The second kappa shape index (κ2) is 21.4. The van der Waals surface area contributed by atoms with Crippen molar-refractivity contribution in [2.24, 2.45) is 0 Å². The molecule has 6 aromatic heterocycles. The Morgan fingerprint density at radius 3 is 0.771 bits per heavy atom. The molecule has 0 aliphatic carbocycles. The molecule has 0 atom stereocenters. The minimum Gasteiger partial charge on any atom is -0.308 e. The average Bonchev–Trinajstić information content (AvgIpc) is 1.54. The lowest BCUT2D eigenvalue weighted by atomic mass is 9.88. The Morgan fingerprint density at radius 2 is 0.381 bits per heavy atom. The zero-order valence-electron chi connectivity index (χ0n) is 56.9. The van der Waals surface area contributed by atoms with Gasteiger partial charge < -0.3 is 13.2 Å². The molecule has 26 aromatic rings. The van der Waals surface area contributed by atoms with Crippen LogP contribution in [0.5, 0.6) is 0 Å². The summed E-state index contributed by atoms with van der Waals surface area (Å²) >= 11 is 0. The van der Waals surface area contributed by atoms with E-state index in [4.69, 9.17) is 0 Å². The maximum Gasteiger partial charge on any atom is 0.0626 e.